The topological polar surface area (TPSA) is 58.4 Å². The summed E-state index contributed by atoms with van der Waals surface area (Å²) in [6, 6.07) is 0. The van der Waals surface area contributed by atoms with Gasteiger partial charge in [-0.2, -0.15) is 0 Å². The van der Waals surface area contributed by atoms with E-state index in [1.54, 1.807) is 12.1 Å². The molecule has 4 nitrogen and oxygen atoms in total. The predicted molar refractivity (Wildman–Crippen MR) is 47.2 cm³/mol. The van der Waals surface area contributed by atoms with Crippen LogP contribution in [0.5, 0.6) is 0 Å². The van der Waals surface area contributed by atoms with Crippen LogP contribution < -0.4 is 11.2 Å². The van der Waals surface area contributed by atoms with Crippen molar-refractivity contribution in [1.29, 1.82) is 0 Å². The molecule has 0 aromatic rings. The standard InChI is InChI=1S/C8H17N3O/c1-8(7(12)10-2)3-5-11(9)6-4-8/h3-6,9H2,1-2H3,(H,10,12). The van der Waals surface area contributed by atoms with Gasteiger partial charge in [-0.1, -0.05) is 6.92 Å². The van der Waals surface area contributed by atoms with Crippen LogP contribution in [0, 0.1) is 5.41 Å². The van der Waals surface area contributed by atoms with Gasteiger partial charge in [-0.25, -0.2) is 5.01 Å². The first-order chi connectivity index (χ1) is 5.58. The molecule has 0 aromatic heterocycles. The highest BCUT2D eigenvalue weighted by molar-refractivity contribution is 5.82. The summed E-state index contributed by atoms with van der Waals surface area (Å²) in [4.78, 5) is 11.4. The van der Waals surface area contributed by atoms with E-state index < -0.39 is 0 Å². The molecule has 3 N–H and O–H groups in total. The van der Waals surface area contributed by atoms with Crippen molar-refractivity contribution in [2.24, 2.45) is 11.3 Å². The fraction of sp³-hybridized carbons (Fsp3) is 0.875. The van der Waals surface area contributed by atoms with Crippen molar-refractivity contribution in [3.05, 3.63) is 0 Å². The van der Waals surface area contributed by atoms with Gasteiger partial charge >= 0.3 is 0 Å². The Bertz CT molecular complexity index is 173. The summed E-state index contributed by atoms with van der Waals surface area (Å²) >= 11 is 0. The summed E-state index contributed by atoms with van der Waals surface area (Å²) < 4.78 is 0. The second-order valence-corrected chi connectivity index (χ2v) is 3.68. The number of nitrogens with zero attached hydrogens (tertiary/aromatic N) is 1. The SMILES string of the molecule is CNC(=O)C1(C)CCN(N)CC1. The zero-order valence-electron chi connectivity index (χ0n) is 7.76. The maximum atomic E-state index is 11.4. The molecule has 0 saturated carbocycles. The molecule has 12 heavy (non-hydrogen) atoms. The number of piperidine rings is 1. The fourth-order valence-corrected chi connectivity index (χ4v) is 1.55. The highest BCUT2D eigenvalue weighted by Gasteiger charge is 2.35. The van der Waals surface area contributed by atoms with Crippen LogP contribution in [0.3, 0.4) is 0 Å². The van der Waals surface area contributed by atoms with Gasteiger partial charge in [0.15, 0.2) is 0 Å². The molecular weight excluding hydrogens is 154 g/mol. The van der Waals surface area contributed by atoms with Crippen LogP contribution in [0.15, 0.2) is 0 Å². The third-order valence-corrected chi connectivity index (χ3v) is 2.68. The average Bonchev–Trinajstić information content (AvgIpc) is 2.09. The molecule has 1 rings (SSSR count). The van der Waals surface area contributed by atoms with E-state index in [0.29, 0.717) is 0 Å². The van der Waals surface area contributed by atoms with Gasteiger partial charge in [0, 0.05) is 25.6 Å². The van der Waals surface area contributed by atoms with Gasteiger partial charge in [0.1, 0.15) is 0 Å². The lowest BCUT2D eigenvalue weighted by Gasteiger charge is -2.35. The van der Waals surface area contributed by atoms with E-state index in [-0.39, 0.29) is 11.3 Å². The zero-order valence-corrected chi connectivity index (χ0v) is 7.76. The van der Waals surface area contributed by atoms with E-state index in [9.17, 15) is 4.79 Å². The second-order valence-electron chi connectivity index (χ2n) is 3.68. The van der Waals surface area contributed by atoms with Crippen LogP contribution >= 0.6 is 0 Å². The van der Waals surface area contributed by atoms with Crippen molar-refractivity contribution < 1.29 is 4.79 Å². The van der Waals surface area contributed by atoms with E-state index in [0.717, 1.165) is 25.9 Å². The average molecular weight is 171 g/mol. The molecule has 4 heteroatoms. The Morgan fingerprint density at radius 2 is 2.00 bits per heavy atom. The summed E-state index contributed by atoms with van der Waals surface area (Å²) in [6.45, 7) is 3.62. The molecule has 0 aromatic carbocycles. The van der Waals surface area contributed by atoms with Crippen LogP contribution in [0.2, 0.25) is 0 Å². The molecule has 1 amide bonds. The van der Waals surface area contributed by atoms with E-state index in [1.165, 1.54) is 0 Å². The zero-order chi connectivity index (χ0) is 9.19. The monoisotopic (exact) mass is 171 g/mol. The van der Waals surface area contributed by atoms with Gasteiger partial charge in [-0.15, -0.1) is 0 Å². The summed E-state index contributed by atoms with van der Waals surface area (Å²) in [5, 5.41) is 4.46. The van der Waals surface area contributed by atoms with Gasteiger partial charge < -0.3 is 5.32 Å². The number of hydrazine groups is 1. The molecule has 70 valence electrons. The number of amides is 1. The first-order valence-corrected chi connectivity index (χ1v) is 4.30. The highest BCUT2D eigenvalue weighted by Crippen LogP contribution is 2.29. The maximum Gasteiger partial charge on any atom is 0.225 e. The first kappa shape index (κ1) is 9.48. The molecule has 0 aliphatic carbocycles. The number of carbonyl (C=O) groups is 1. The Labute approximate surface area is 73.1 Å². The Balaban J connectivity index is 2.55. The van der Waals surface area contributed by atoms with E-state index in [2.05, 4.69) is 5.32 Å². The third kappa shape index (κ3) is 1.76. The van der Waals surface area contributed by atoms with Gasteiger partial charge in [-0.3, -0.25) is 10.6 Å². The normalized spacial score (nSPS) is 23.6. The molecule has 0 atom stereocenters. The molecule has 1 heterocycles. The number of nitrogens with one attached hydrogen (secondary N) is 1. The van der Waals surface area contributed by atoms with Crippen LogP contribution in [0.1, 0.15) is 19.8 Å². The minimum absolute atomic E-state index is 0.135. The molecule has 0 unspecified atom stereocenters. The van der Waals surface area contributed by atoms with Crippen LogP contribution in [0.4, 0.5) is 0 Å². The molecule has 1 fully saturated rings. The van der Waals surface area contributed by atoms with Crippen LogP contribution in [-0.2, 0) is 4.79 Å². The summed E-state index contributed by atoms with van der Waals surface area (Å²) in [7, 11) is 1.68. The minimum atomic E-state index is -0.204. The predicted octanol–water partition coefficient (Wildman–Crippen LogP) is -0.292. The Morgan fingerprint density at radius 3 is 2.42 bits per heavy atom. The van der Waals surface area contributed by atoms with Crippen LogP contribution in [-0.4, -0.2) is 31.1 Å². The van der Waals surface area contributed by atoms with Crippen LogP contribution in [0.25, 0.3) is 0 Å². The number of hydrogen-bond acceptors (Lipinski definition) is 3. The maximum absolute atomic E-state index is 11.4. The largest absolute Gasteiger partial charge is 0.359 e. The summed E-state index contributed by atoms with van der Waals surface area (Å²) in [6.07, 6.45) is 1.70. The highest BCUT2D eigenvalue weighted by atomic mass is 16.2. The number of carbonyl (C=O) groups excluding carboxylic acids is 1. The lowest BCUT2D eigenvalue weighted by molar-refractivity contribution is -0.132. The molecule has 1 aliphatic heterocycles. The van der Waals surface area contributed by atoms with Gasteiger partial charge in [0.25, 0.3) is 0 Å². The molecule has 0 bridgehead atoms. The molecular formula is C8H17N3O. The lowest BCUT2D eigenvalue weighted by atomic mass is 9.80. The van der Waals surface area contributed by atoms with Crippen molar-refractivity contribution >= 4 is 5.91 Å². The lowest BCUT2D eigenvalue weighted by Crippen LogP contribution is -2.48. The molecule has 1 saturated heterocycles. The quantitative estimate of drug-likeness (QED) is 0.533. The van der Waals surface area contributed by atoms with E-state index >= 15 is 0 Å². The number of rotatable bonds is 1. The van der Waals surface area contributed by atoms with E-state index in [1.807, 2.05) is 6.92 Å². The van der Waals surface area contributed by atoms with Gasteiger partial charge in [-0.05, 0) is 12.8 Å². The number of hydrogen-bond donors (Lipinski definition) is 2. The van der Waals surface area contributed by atoms with Crippen molar-refractivity contribution in [1.82, 2.24) is 10.3 Å². The second kappa shape index (κ2) is 3.41. The smallest absolute Gasteiger partial charge is 0.225 e. The molecule has 0 radical (unpaired) electrons. The fourth-order valence-electron chi connectivity index (χ4n) is 1.55. The first-order valence-electron chi connectivity index (χ1n) is 4.30. The summed E-state index contributed by atoms with van der Waals surface area (Å²) in [5.74, 6) is 5.73. The Hall–Kier alpha value is -0.610. The molecule has 0 spiro atoms. The van der Waals surface area contributed by atoms with Crippen molar-refractivity contribution in [3.8, 4) is 0 Å². The van der Waals surface area contributed by atoms with Crippen molar-refractivity contribution in [3.63, 3.8) is 0 Å². The Morgan fingerprint density at radius 1 is 1.50 bits per heavy atom. The van der Waals surface area contributed by atoms with Crippen molar-refractivity contribution in [2.75, 3.05) is 20.1 Å². The van der Waals surface area contributed by atoms with Gasteiger partial charge in [0.05, 0.1) is 0 Å². The number of nitrogens with two attached hydrogens (primary N) is 1. The van der Waals surface area contributed by atoms with E-state index in [4.69, 9.17) is 5.84 Å². The third-order valence-electron chi connectivity index (χ3n) is 2.68. The minimum Gasteiger partial charge on any atom is -0.359 e. The molecule has 1 aliphatic rings. The van der Waals surface area contributed by atoms with Crippen molar-refractivity contribution in [2.45, 2.75) is 19.8 Å². The van der Waals surface area contributed by atoms with Gasteiger partial charge in [0.2, 0.25) is 5.91 Å². The Kier molecular flexibility index (Phi) is 2.69. The summed E-state index contributed by atoms with van der Waals surface area (Å²) in [5.41, 5.74) is -0.204.